The van der Waals surface area contributed by atoms with Crippen LogP contribution >= 0.6 is 0 Å². The van der Waals surface area contributed by atoms with Crippen LogP contribution in [0.4, 0.5) is 0 Å². The van der Waals surface area contributed by atoms with Gasteiger partial charge >= 0.3 is 0 Å². The van der Waals surface area contributed by atoms with E-state index in [1.54, 1.807) is 14.0 Å². The quantitative estimate of drug-likeness (QED) is 0.288. The SMILES string of the molecule is CCCCCCN(CCCC)C(=O)CN1C[C@H](c2cc(OC)c3c(c2)OCO3)CC12CC2CN(CC)C(C)=O. The minimum Gasteiger partial charge on any atom is -0.493 e. The smallest absolute Gasteiger partial charge is 0.236 e. The highest BCUT2D eigenvalue weighted by atomic mass is 16.7. The van der Waals surface area contributed by atoms with Crippen molar-refractivity contribution in [3.8, 4) is 17.2 Å². The Bertz CT molecular complexity index is 1000. The molecule has 0 N–H and O–H groups in total. The van der Waals surface area contributed by atoms with Crippen molar-refractivity contribution in [2.75, 3.05) is 53.2 Å². The molecule has 3 aliphatic rings. The van der Waals surface area contributed by atoms with E-state index < -0.39 is 0 Å². The number of hydrogen-bond acceptors (Lipinski definition) is 6. The first-order valence-corrected chi connectivity index (χ1v) is 15.1. The Kier molecular flexibility index (Phi) is 10.0. The van der Waals surface area contributed by atoms with Gasteiger partial charge in [0, 0.05) is 45.2 Å². The van der Waals surface area contributed by atoms with Crippen LogP contribution in [0, 0.1) is 5.92 Å². The van der Waals surface area contributed by atoms with Gasteiger partial charge in [0.2, 0.25) is 24.4 Å². The van der Waals surface area contributed by atoms with Crippen molar-refractivity contribution in [2.24, 2.45) is 5.92 Å². The summed E-state index contributed by atoms with van der Waals surface area (Å²) in [7, 11) is 1.66. The van der Waals surface area contributed by atoms with Crippen molar-refractivity contribution in [3.63, 3.8) is 0 Å². The van der Waals surface area contributed by atoms with Crippen LogP contribution in [0.1, 0.15) is 90.5 Å². The number of hydrogen-bond donors (Lipinski definition) is 0. The molecule has 0 aromatic heterocycles. The summed E-state index contributed by atoms with van der Waals surface area (Å²) in [5.41, 5.74) is 1.11. The van der Waals surface area contributed by atoms with E-state index in [2.05, 4.69) is 35.8 Å². The van der Waals surface area contributed by atoms with Crippen molar-refractivity contribution in [3.05, 3.63) is 17.7 Å². The first-order valence-electron chi connectivity index (χ1n) is 15.1. The summed E-state index contributed by atoms with van der Waals surface area (Å²) in [5.74, 6) is 3.09. The largest absolute Gasteiger partial charge is 0.493 e. The maximum atomic E-state index is 13.7. The molecule has 3 atom stereocenters. The number of amides is 2. The fourth-order valence-electron chi connectivity index (χ4n) is 6.59. The molecule has 8 nitrogen and oxygen atoms in total. The van der Waals surface area contributed by atoms with E-state index in [1.165, 1.54) is 19.3 Å². The van der Waals surface area contributed by atoms with Crippen LogP contribution in [-0.2, 0) is 9.59 Å². The Morgan fingerprint density at radius 2 is 1.79 bits per heavy atom. The number of nitrogens with zero attached hydrogens (tertiary/aromatic N) is 3. The standard InChI is InChI=1S/C31H49N3O5/c1-6-9-11-12-14-33(13-10-7-2)29(36)21-34-19-25(17-31(34)18-26(31)20-32(8-3)23(4)35)24-15-27(37-5)30-28(16-24)38-22-39-30/h15-16,25-26H,6-14,17-22H2,1-5H3/t25-,26?,31?/m1/s1. The van der Waals surface area contributed by atoms with Gasteiger partial charge in [0.25, 0.3) is 0 Å². The molecule has 1 aromatic rings. The lowest BCUT2D eigenvalue weighted by Crippen LogP contribution is -2.45. The lowest BCUT2D eigenvalue weighted by atomic mass is 9.94. The van der Waals surface area contributed by atoms with Crippen LogP contribution in [0.3, 0.4) is 0 Å². The topological polar surface area (TPSA) is 71.6 Å². The highest BCUT2D eigenvalue weighted by Gasteiger charge is 2.62. The van der Waals surface area contributed by atoms with E-state index in [0.717, 1.165) is 69.6 Å². The van der Waals surface area contributed by atoms with Crippen molar-refractivity contribution < 1.29 is 23.8 Å². The molecule has 218 valence electrons. The number of carbonyl (C=O) groups excluding carboxylic acids is 2. The van der Waals surface area contributed by atoms with Crippen LogP contribution in [0.2, 0.25) is 0 Å². The van der Waals surface area contributed by atoms with Crippen molar-refractivity contribution in [1.29, 1.82) is 0 Å². The number of methoxy groups -OCH3 is 1. The second-order valence-electron chi connectivity index (χ2n) is 11.6. The molecule has 1 aliphatic carbocycles. The maximum absolute atomic E-state index is 13.7. The third kappa shape index (κ3) is 6.64. The monoisotopic (exact) mass is 543 g/mol. The number of unbranched alkanes of at least 4 members (excludes halogenated alkanes) is 4. The Morgan fingerprint density at radius 3 is 2.49 bits per heavy atom. The van der Waals surface area contributed by atoms with Gasteiger partial charge in [0.05, 0.1) is 13.7 Å². The van der Waals surface area contributed by atoms with Crippen LogP contribution in [0.25, 0.3) is 0 Å². The summed E-state index contributed by atoms with van der Waals surface area (Å²) >= 11 is 0. The van der Waals surface area contributed by atoms with E-state index in [1.807, 2.05) is 11.8 Å². The summed E-state index contributed by atoms with van der Waals surface area (Å²) < 4.78 is 17.0. The van der Waals surface area contributed by atoms with Gasteiger partial charge in [-0.2, -0.15) is 0 Å². The molecule has 2 aliphatic heterocycles. The predicted octanol–water partition coefficient (Wildman–Crippen LogP) is 5.05. The summed E-state index contributed by atoms with van der Waals surface area (Å²) in [4.78, 5) is 32.4. The fourth-order valence-corrected chi connectivity index (χ4v) is 6.59. The minimum absolute atomic E-state index is 0.0502. The Labute approximate surface area is 234 Å². The molecule has 39 heavy (non-hydrogen) atoms. The lowest BCUT2D eigenvalue weighted by Gasteiger charge is -2.30. The highest BCUT2D eigenvalue weighted by molar-refractivity contribution is 5.78. The molecule has 1 spiro atoms. The van der Waals surface area contributed by atoms with Crippen molar-refractivity contribution >= 4 is 11.8 Å². The molecule has 2 unspecified atom stereocenters. The molecule has 2 amide bonds. The van der Waals surface area contributed by atoms with Crippen LogP contribution < -0.4 is 14.2 Å². The first kappa shape index (κ1) is 29.5. The molecule has 1 saturated carbocycles. The van der Waals surface area contributed by atoms with E-state index in [4.69, 9.17) is 14.2 Å². The molecule has 4 rings (SSSR count). The molecule has 1 aromatic carbocycles. The van der Waals surface area contributed by atoms with Crippen LogP contribution in [0.15, 0.2) is 12.1 Å². The number of likely N-dealkylation sites (tertiary alicyclic amines) is 1. The van der Waals surface area contributed by atoms with Crippen molar-refractivity contribution in [1.82, 2.24) is 14.7 Å². The third-order valence-electron chi connectivity index (χ3n) is 9.03. The van der Waals surface area contributed by atoms with E-state index in [-0.39, 0.29) is 30.1 Å². The summed E-state index contributed by atoms with van der Waals surface area (Å²) in [5, 5.41) is 0. The zero-order valence-corrected chi connectivity index (χ0v) is 24.8. The van der Waals surface area contributed by atoms with Crippen LogP contribution in [-0.4, -0.2) is 85.2 Å². The average molecular weight is 544 g/mol. The van der Waals surface area contributed by atoms with Gasteiger partial charge in [-0.15, -0.1) is 0 Å². The molecule has 8 heteroatoms. The molecule has 0 radical (unpaired) electrons. The molecule has 0 bridgehead atoms. The zero-order chi connectivity index (χ0) is 28.0. The Morgan fingerprint density at radius 1 is 1.03 bits per heavy atom. The Hall–Kier alpha value is -2.48. The molecule has 1 saturated heterocycles. The normalized spacial score (nSPS) is 23.3. The fraction of sp³-hybridized carbons (Fsp3) is 0.742. The van der Waals surface area contributed by atoms with Gasteiger partial charge in [-0.3, -0.25) is 14.5 Å². The third-order valence-corrected chi connectivity index (χ3v) is 9.03. The summed E-state index contributed by atoms with van der Waals surface area (Å²) in [6, 6.07) is 4.16. The van der Waals surface area contributed by atoms with E-state index in [0.29, 0.717) is 30.5 Å². The van der Waals surface area contributed by atoms with Crippen LogP contribution in [0.5, 0.6) is 17.2 Å². The molecule has 2 heterocycles. The number of carbonyl (C=O) groups is 2. The maximum Gasteiger partial charge on any atom is 0.236 e. The Balaban J connectivity index is 1.53. The second-order valence-corrected chi connectivity index (χ2v) is 11.6. The molecule has 2 fully saturated rings. The number of rotatable bonds is 15. The van der Waals surface area contributed by atoms with E-state index in [9.17, 15) is 9.59 Å². The number of ether oxygens (including phenoxy) is 3. The van der Waals surface area contributed by atoms with E-state index >= 15 is 0 Å². The minimum atomic E-state index is -0.0502. The van der Waals surface area contributed by atoms with Gasteiger partial charge in [0.15, 0.2) is 11.5 Å². The number of benzene rings is 1. The highest BCUT2D eigenvalue weighted by Crippen LogP contribution is 2.59. The van der Waals surface area contributed by atoms with Gasteiger partial charge < -0.3 is 24.0 Å². The van der Waals surface area contributed by atoms with Gasteiger partial charge in [-0.05, 0) is 62.1 Å². The summed E-state index contributed by atoms with van der Waals surface area (Å²) in [6.45, 7) is 12.7. The zero-order valence-electron chi connectivity index (χ0n) is 24.8. The first-order chi connectivity index (χ1) is 18.9. The summed E-state index contributed by atoms with van der Waals surface area (Å²) in [6.07, 6.45) is 8.77. The van der Waals surface area contributed by atoms with Crippen molar-refractivity contribution in [2.45, 2.75) is 90.5 Å². The molecular weight excluding hydrogens is 494 g/mol. The predicted molar refractivity (Wildman–Crippen MR) is 152 cm³/mol. The second kappa shape index (κ2) is 13.2. The number of fused-ring (bicyclic) bond motifs is 1. The van der Waals surface area contributed by atoms with Gasteiger partial charge in [-0.1, -0.05) is 39.5 Å². The average Bonchev–Trinajstić information content (AvgIpc) is 3.22. The lowest BCUT2D eigenvalue weighted by molar-refractivity contribution is -0.133. The molecular formula is C31H49N3O5. The van der Waals surface area contributed by atoms with Gasteiger partial charge in [-0.25, -0.2) is 0 Å². The van der Waals surface area contributed by atoms with Gasteiger partial charge in [0.1, 0.15) is 0 Å².